The van der Waals surface area contributed by atoms with Crippen molar-refractivity contribution in [3.63, 3.8) is 0 Å². The summed E-state index contributed by atoms with van der Waals surface area (Å²) in [6, 6.07) is 0.720. The van der Waals surface area contributed by atoms with Crippen LogP contribution in [0.1, 0.15) is 57.3 Å². The van der Waals surface area contributed by atoms with E-state index in [-0.39, 0.29) is 0 Å². The van der Waals surface area contributed by atoms with E-state index in [9.17, 15) is 0 Å². The molecule has 1 saturated carbocycles. The molecule has 0 spiro atoms. The van der Waals surface area contributed by atoms with Crippen LogP contribution in [0.25, 0.3) is 0 Å². The van der Waals surface area contributed by atoms with Gasteiger partial charge in [-0.25, -0.2) is 9.97 Å². The topological polar surface area (TPSA) is 41.1 Å². The standard InChI is InChI=1S/C17H28N4/c1-4-6-15-19-16(18-9-5-2)12(3)17(20-15)21-11-13-7-8-14(21)10-13/h13-14H,4-11H2,1-3H3,(H,18,19,20). The highest BCUT2D eigenvalue weighted by molar-refractivity contribution is 5.60. The Kier molecular flexibility index (Phi) is 4.32. The van der Waals surface area contributed by atoms with E-state index >= 15 is 0 Å². The van der Waals surface area contributed by atoms with Gasteiger partial charge in [0, 0.05) is 31.1 Å². The molecule has 1 aliphatic heterocycles. The van der Waals surface area contributed by atoms with Crippen LogP contribution in [0.15, 0.2) is 0 Å². The number of nitrogens with zero attached hydrogens (tertiary/aromatic N) is 3. The summed E-state index contributed by atoms with van der Waals surface area (Å²) in [6.45, 7) is 8.74. The number of fused-ring (bicyclic) bond motifs is 2. The van der Waals surface area contributed by atoms with Gasteiger partial charge < -0.3 is 10.2 Å². The van der Waals surface area contributed by atoms with Crippen molar-refractivity contribution >= 4 is 11.6 Å². The first-order valence-electron chi connectivity index (χ1n) is 8.61. The fourth-order valence-electron chi connectivity index (χ4n) is 3.76. The van der Waals surface area contributed by atoms with Gasteiger partial charge in [0.05, 0.1) is 0 Å². The summed E-state index contributed by atoms with van der Waals surface area (Å²) in [5.74, 6) is 4.14. The van der Waals surface area contributed by atoms with Gasteiger partial charge in [0.15, 0.2) is 0 Å². The number of hydrogen-bond acceptors (Lipinski definition) is 4. The molecule has 2 fully saturated rings. The highest BCUT2D eigenvalue weighted by Gasteiger charge is 2.39. The summed E-state index contributed by atoms with van der Waals surface area (Å²) >= 11 is 0. The SMILES string of the molecule is CCCNc1nc(CCC)nc(N2CC3CCC2C3)c1C. The van der Waals surface area contributed by atoms with E-state index in [0.717, 1.165) is 49.4 Å². The van der Waals surface area contributed by atoms with Gasteiger partial charge in [-0.2, -0.15) is 0 Å². The minimum Gasteiger partial charge on any atom is -0.370 e. The quantitative estimate of drug-likeness (QED) is 0.869. The summed E-state index contributed by atoms with van der Waals surface area (Å²) < 4.78 is 0. The molecule has 4 nitrogen and oxygen atoms in total. The molecular weight excluding hydrogens is 260 g/mol. The van der Waals surface area contributed by atoms with Crippen molar-refractivity contribution in [1.82, 2.24) is 9.97 Å². The van der Waals surface area contributed by atoms with Crippen LogP contribution in [0.4, 0.5) is 11.6 Å². The van der Waals surface area contributed by atoms with E-state index in [1.807, 2.05) is 0 Å². The lowest BCUT2D eigenvalue weighted by molar-refractivity contribution is 0.548. The van der Waals surface area contributed by atoms with Gasteiger partial charge in [-0.15, -0.1) is 0 Å². The van der Waals surface area contributed by atoms with Crippen molar-refractivity contribution in [2.75, 3.05) is 23.3 Å². The van der Waals surface area contributed by atoms with Crippen LogP contribution in [0.5, 0.6) is 0 Å². The Morgan fingerprint density at radius 3 is 2.67 bits per heavy atom. The zero-order valence-corrected chi connectivity index (χ0v) is 13.7. The Morgan fingerprint density at radius 2 is 2.05 bits per heavy atom. The van der Waals surface area contributed by atoms with E-state index in [4.69, 9.17) is 9.97 Å². The maximum atomic E-state index is 4.91. The monoisotopic (exact) mass is 288 g/mol. The van der Waals surface area contributed by atoms with Gasteiger partial charge in [-0.3, -0.25) is 0 Å². The average molecular weight is 288 g/mol. The zero-order valence-electron chi connectivity index (χ0n) is 13.7. The van der Waals surface area contributed by atoms with E-state index in [0.29, 0.717) is 0 Å². The molecule has 1 saturated heterocycles. The molecule has 1 N–H and O–H groups in total. The Bertz CT molecular complexity index is 500. The molecule has 1 aliphatic carbocycles. The smallest absolute Gasteiger partial charge is 0.137 e. The van der Waals surface area contributed by atoms with Crippen molar-refractivity contribution in [3.05, 3.63) is 11.4 Å². The van der Waals surface area contributed by atoms with Gasteiger partial charge in [0.25, 0.3) is 0 Å². The molecule has 2 aliphatic rings. The molecule has 1 aromatic rings. The first kappa shape index (κ1) is 14.6. The van der Waals surface area contributed by atoms with Crippen LogP contribution >= 0.6 is 0 Å². The molecule has 0 radical (unpaired) electrons. The number of aryl methyl sites for hydroxylation is 1. The average Bonchev–Trinajstić information content (AvgIpc) is 3.10. The van der Waals surface area contributed by atoms with Gasteiger partial charge in [-0.05, 0) is 44.9 Å². The Labute approximate surface area is 128 Å². The van der Waals surface area contributed by atoms with Crippen LogP contribution in [0.2, 0.25) is 0 Å². The number of hydrogen-bond donors (Lipinski definition) is 1. The molecule has 2 unspecified atom stereocenters. The number of aromatic nitrogens is 2. The van der Waals surface area contributed by atoms with E-state index in [1.54, 1.807) is 0 Å². The van der Waals surface area contributed by atoms with Crippen molar-refractivity contribution in [2.45, 2.75) is 65.3 Å². The van der Waals surface area contributed by atoms with E-state index in [1.165, 1.54) is 37.2 Å². The van der Waals surface area contributed by atoms with Crippen molar-refractivity contribution < 1.29 is 0 Å². The highest BCUT2D eigenvalue weighted by atomic mass is 15.3. The second-order valence-corrected chi connectivity index (χ2v) is 6.60. The van der Waals surface area contributed by atoms with Crippen molar-refractivity contribution in [1.29, 1.82) is 0 Å². The Morgan fingerprint density at radius 1 is 1.19 bits per heavy atom. The lowest BCUT2D eigenvalue weighted by Gasteiger charge is -2.30. The van der Waals surface area contributed by atoms with Crippen LogP contribution in [-0.2, 0) is 6.42 Å². The maximum Gasteiger partial charge on any atom is 0.137 e. The van der Waals surface area contributed by atoms with Gasteiger partial charge in [0.1, 0.15) is 17.5 Å². The normalized spacial score (nSPS) is 23.9. The second kappa shape index (κ2) is 6.20. The van der Waals surface area contributed by atoms with Gasteiger partial charge in [0.2, 0.25) is 0 Å². The predicted octanol–water partition coefficient (Wildman–Crippen LogP) is 3.55. The summed E-state index contributed by atoms with van der Waals surface area (Å²) in [5.41, 5.74) is 1.23. The number of anilines is 2. The zero-order chi connectivity index (χ0) is 14.8. The second-order valence-electron chi connectivity index (χ2n) is 6.60. The lowest BCUT2D eigenvalue weighted by Crippen LogP contribution is -2.33. The molecule has 21 heavy (non-hydrogen) atoms. The lowest BCUT2D eigenvalue weighted by atomic mass is 10.1. The molecular formula is C17H28N4. The van der Waals surface area contributed by atoms with Crippen LogP contribution in [-0.4, -0.2) is 29.1 Å². The number of rotatable bonds is 6. The fraction of sp³-hybridized carbons (Fsp3) is 0.765. The van der Waals surface area contributed by atoms with Crippen LogP contribution < -0.4 is 10.2 Å². The first-order chi connectivity index (χ1) is 10.2. The largest absolute Gasteiger partial charge is 0.370 e. The molecule has 2 heterocycles. The molecule has 4 heteroatoms. The van der Waals surface area contributed by atoms with E-state index in [2.05, 4.69) is 31.0 Å². The van der Waals surface area contributed by atoms with Crippen molar-refractivity contribution in [2.24, 2.45) is 5.92 Å². The van der Waals surface area contributed by atoms with Gasteiger partial charge in [-0.1, -0.05) is 13.8 Å². The third-order valence-corrected chi connectivity index (χ3v) is 4.86. The van der Waals surface area contributed by atoms with E-state index < -0.39 is 0 Å². The van der Waals surface area contributed by atoms with Crippen molar-refractivity contribution in [3.8, 4) is 0 Å². The number of piperidine rings is 1. The molecule has 1 aromatic heterocycles. The predicted molar refractivity (Wildman–Crippen MR) is 88.0 cm³/mol. The first-order valence-corrected chi connectivity index (χ1v) is 8.61. The minimum absolute atomic E-state index is 0.720. The summed E-state index contributed by atoms with van der Waals surface area (Å²) in [4.78, 5) is 12.2. The van der Waals surface area contributed by atoms with Gasteiger partial charge >= 0.3 is 0 Å². The Balaban J connectivity index is 1.91. The fourth-order valence-corrected chi connectivity index (χ4v) is 3.76. The third kappa shape index (κ3) is 2.85. The third-order valence-electron chi connectivity index (χ3n) is 4.86. The summed E-state index contributed by atoms with van der Waals surface area (Å²) in [5, 5.41) is 3.49. The molecule has 0 aromatic carbocycles. The molecule has 2 bridgehead atoms. The Hall–Kier alpha value is -1.32. The molecule has 3 rings (SSSR count). The molecule has 2 atom stereocenters. The molecule has 116 valence electrons. The summed E-state index contributed by atoms with van der Waals surface area (Å²) in [7, 11) is 0. The minimum atomic E-state index is 0.720. The maximum absolute atomic E-state index is 4.91. The highest BCUT2D eigenvalue weighted by Crippen LogP contribution is 2.41. The number of nitrogens with one attached hydrogen (secondary N) is 1. The van der Waals surface area contributed by atoms with Crippen LogP contribution in [0.3, 0.4) is 0 Å². The molecule has 0 amide bonds. The van der Waals surface area contributed by atoms with Crippen LogP contribution in [0, 0.1) is 12.8 Å². The summed E-state index contributed by atoms with van der Waals surface area (Å²) in [6.07, 6.45) is 7.31.